The Balaban J connectivity index is 1.34. The van der Waals surface area contributed by atoms with Crippen molar-refractivity contribution in [2.24, 2.45) is 23.2 Å². The average Bonchev–Trinajstić information content (AvgIpc) is 3.26. The predicted molar refractivity (Wildman–Crippen MR) is 145 cm³/mol. The Bertz CT molecular complexity index is 1150. The fourth-order valence-electron chi connectivity index (χ4n) is 6.81. The highest BCUT2D eigenvalue weighted by Crippen LogP contribution is 2.65. The normalized spacial score (nSPS) is 28.7. The molecule has 2 heterocycles. The van der Waals surface area contributed by atoms with Gasteiger partial charge in [-0.3, -0.25) is 14.6 Å². The number of amides is 2. The van der Waals surface area contributed by atoms with Crippen molar-refractivity contribution in [1.29, 1.82) is 0 Å². The minimum Gasteiger partial charge on any atom is -0.404 e. The zero-order valence-electron chi connectivity index (χ0n) is 23.0. The van der Waals surface area contributed by atoms with E-state index < -0.39 is 19.1 Å². The zero-order chi connectivity index (χ0) is 27.1. The first-order chi connectivity index (χ1) is 18.1. The van der Waals surface area contributed by atoms with Crippen LogP contribution in [0.4, 0.5) is 0 Å². The van der Waals surface area contributed by atoms with Crippen LogP contribution in [0.2, 0.25) is 0 Å². The Morgan fingerprint density at radius 1 is 1.11 bits per heavy atom. The quantitative estimate of drug-likeness (QED) is 0.492. The summed E-state index contributed by atoms with van der Waals surface area (Å²) >= 11 is 0. The van der Waals surface area contributed by atoms with Crippen molar-refractivity contribution >= 4 is 18.9 Å². The van der Waals surface area contributed by atoms with Gasteiger partial charge in [-0.05, 0) is 54.9 Å². The second-order valence-electron chi connectivity index (χ2n) is 12.4. The Morgan fingerprint density at radius 3 is 2.53 bits per heavy atom. The molecule has 3 unspecified atom stereocenters. The van der Waals surface area contributed by atoms with Crippen molar-refractivity contribution in [2.75, 3.05) is 0 Å². The summed E-state index contributed by atoms with van der Waals surface area (Å²) in [6.45, 7) is 11.1. The van der Waals surface area contributed by atoms with Crippen LogP contribution in [-0.2, 0) is 20.5 Å². The van der Waals surface area contributed by atoms with Crippen molar-refractivity contribution in [1.82, 2.24) is 20.6 Å². The van der Waals surface area contributed by atoms with Gasteiger partial charge in [0.2, 0.25) is 5.91 Å². The number of nitrogens with zero attached hydrogens (tertiary/aromatic N) is 2. The highest BCUT2D eigenvalue weighted by molar-refractivity contribution is 6.48. The summed E-state index contributed by atoms with van der Waals surface area (Å²) in [5, 5.41) is 6.08. The van der Waals surface area contributed by atoms with Gasteiger partial charge in [-0.1, -0.05) is 58.0 Å². The molecule has 4 fully saturated rings. The molecule has 2 aromatic rings. The minimum absolute atomic E-state index is 0.0345. The van der Waals surface area contributed by atoms with Crippen molar-refractivity contribution in [3.8, 4) is 0 Å². The van der Waals surface area contributed by atoms with E-state index in [-0.39, 0.29) is 34.7 Å². The first kappa shape index (κ1) is 26.8. The molecule has 1 aromatic heterocycles. The standard InChI is InChI=1S/C29H39BN4O4/c1-18(2)13-25(30-37-24-16-20-15-23(28(20,3)4)29(24,5)38-30)34-26(35)21(14-19-9-7-6-8-10-19)33-27(36)22-17-31-11-12-32-22/h6-12,17-18,20-21,23-25H,13-16H2,1-5H3,(H,33,36)(H,34,35)/t20-,21?,23-,24?,25?,29-/m0/s1. The maximum absolute atomic E-state index is 13.8. The smallest absolute Gasteiger partial charge is 0.404 e. The molecule has 3 aliphatic carbocycles. The third-order valence-corrected chi connectivity index (χ3v) is 9.05. The molecule has 1 saturated heterocycles. The van der Waals surface area contributed by atoms with Crippen LogP contribution in [0.25, 0.3) is 0 Å². The van der Waals surface area contributed by atoms with Crippen LogP contribution < -0.4 is 10.6 Å². The lowest BCUT2D eigenvalue weighted by Gasteiger charge is -2.64. The summed E-state index contributed by atoms with van der Waals surface area (Å²) in [4.78, 5) is 34.8. The van der Waals surface area contributed by atoms with Gasteiger partial charge in [-0.25, -0.2) is 4.98 Å². The predicted octanol–water partition coefficient (Wildman–Crippen LogP) is 3.62. The van der Waals surface area contributed by atoms with E-state index in [0.29, 0.717) is 30.6 Å². The van der Waals surface area contributed by atoms with Crippen LogP contribution in [0.1, 0.15) is 69.9 Å². The van der Waals surface area contributed by atoms with Gasteiger partial charge in [0.25, 0.3) is 5.91 Å². The number of nitrogens with one attached hydrogen (secondary N) is 2. The molecule has 9 heteroatoms. The number of benzene rings is 1. The number of carbonyl (C=O) groups is 2. The van der Waals surface area contributed by atoms with E-state index in [1.807, 2.05) is 30.3 Å². The van der Waals surface area contributed by atoms with Gasteiger partial charge in [0.1, 0.15) is 11.7 Å². The van der Waals surface area contributed by atoms with Crippen LogP contribution >= 0.6 is 0 Å². The fraction of sp³-hybridized carbons (Fsp3) is 0.586. The molecule has 1 aromatic carbocycles. The lowest BCUT2D eigenvalue weighted by atomic mass is 9.43. The molecule has 4 aliphatic rings. The monoisotopic (exact) mass is 518 g/mol. The van der Waals surface area contributed by atoms with Gasteiger partial charge in [-0.15, -0.1) is 0 Å². The van der Waals surface area contributed by atoms with Gasteiger partial charge in [0, 0.05) is 18.8 Å². The first-order valence-electron chi connectivity index (χ1n) is 13.8. The van der Waals surface area contributed by atoms with Crippen molar-refractivity contribution in [3.63, 3.8) is 0 Å². The molecule has 2 amide bonds. The van der Waals surface area contributed by atoms with E-state index in [0.717, 1.165) is 12.0 Å². The number of hydrogen-bond acceptors (Lipinski definition) is 6. The summed E-state index contributed by atoms with van der Waals surface area (Å²) in [7, 11) is -0.528. The zero-order valence-corrected chi connectivity index (χ0v) is 23.0. The summed E-state index contributed by atoms with van der Waals surface area (Å²) in [6, 6.07) is 8.87. The third-order valence-electron chi connectivity index (χ3n) is 9.05. The molecule has 8 nitrogen and oxygen atoms in total. The molecular formula is C29H39BN4O4. The van der Waals surface area contributed by atoms with Gasteiger partial charge < -0.3 is 19.9 Å². The Labute approximate surface area is 225 Å². The van der Waals surface area contributed by atoms with E-state index in [2.05, 4.69) is 55.2 Å². The van der Waals surface area contributed by atoms with Gasteiger partial charge in [0.05, 0.1) is 23.8 Å². The van der Waals surface area contributed by atoms with Crippen molar-refractivity contribution in [3.05, 3.63) is 60.2 Å². The number of aromatic nitrogens is 2. The SMILES string of the molecule is CC(C)CC(NC(=O)C(Cc1ccccc1)NC(=O)c1cnccn1)B1OC2C[C@@H]3C[C@@H](C3(C)C)[C@]2(C)O1. The van der Waals surface area contributed by atoms with E-state index >= 15 is 0 Å². The van der Waals surface area contributed by atoms with Crippen molar-refractivity contribution < 1.29 is 18.9 Å². The topological polar surface area (TPSA) is 102 Å². The van der Waals surface area contributed by atoms with Crippen LogP contribution in [0.3, 0.4) is 0 Å². The first-order valence-corrected chi connectivity index (χ1v) is 13.8. The fourth-order valence-corrected chi connectivity index (χ4v) is 6.81. The van der Waals surface area contributed by atoms with E-state index in [4.69, 9.17) is 9.31 Å². The highest BCUT2D eigenvalue weighted by atomic mass is 16.7. The number of hydrogen-bond donors (Lipinski definition) is 2. The third kappa shape index (κ3) is 5.10. The second-order valence-corrected chi connectivity index (χ2v) is 12.4. The molecule has 6 atom stereocenters. The maximum Gasteiger partial charge on any atom is 0.481 e. The van der Waals surface area contributed by atoms with Crippen molar-refractivity contribution in [2.45, 2.75) is 84.0 Å². The molecule has 0 spiro atoms. The second kappa shape index (κ2) is 10.4. The van der Waals surface area contributed by atoms with Gasteiger partial charge >= 0.3 is 7.12 Å². The van der Waals surface area contributed by atoms with Crippen LogP contribution in [-0.4, -0.2) is 52.6 Å². The molecular weight excluding hydrogens is 479 g/mol. The maximum atomic E-state index is 13.8. The molecule has 0 radical (unpaired) electrons. The van der Waals surface area contributed by atoms with Gasteiger partial charge in [0.15, 0.2) is 0 Å². The van der Waals surface area contributed by atoms with E-state index in [1.54, 1.807) is 0 Å². The lowest BCUT2D eigenvalue weighted by Crippen LogP contribution is -2.65. The Morgan fingerprint density at radius 2 is 1.87 bits per heavy atom. The van der Waals surface area contributed by atoms with E-state index in [1.165, 1.54) is 25.0 Å². The summed E-state index contributed by atoms with van der Waals surface area (Å²) in [5.41, 5.74) is 0.998. The number of carbonyl (C=O) groups excluding carboxylic acids is 2. The molecule has 202 valence electrons. The number of rotatable bonds is 9. The van der Waals surface area contributed by atoms with Crippen LogP contribution in [0.5, 0.6) is 0 Å². The van der Waals surface area contributed by atoms with Gasteiger partial charge in [-0.2, -0.15) is 0 Å². The summed E-state index contributed by atoms with van der Waals surface area (Å²) in [5.74, 6) is 0.359. The minimum atomic E-state index is -0.799. The van der Waals surface area contributed by atoms with Crippen LogP contribution in [0.15, 0.2) is 48.9 Å². The molecule has 2 N–H and O–H groups in total. The lowest BCUT2D eigenvalue weighted by molar-refractivity contribution is -0.199. The highest BCUT2D eigenvalue weighted by Gasteiger charge is 2.68. The molecule has 1 aliphatic heterocycles. The summed E-state index contributed by atoms with van der Waals surface area (Å²) < 4.78 is 13.2. The molecule has 38 heavy (non-hydrogen) atoms. The largest absolute Gasteiger partial charge is 0.481 e. The van der Waals surface area contributed by atoms with Crippen LogP contribution in [0, 0.1) is 23.2 Å². The molecule has 3 saturated carbocycles. The summed E-state index contributed by atoms with van der Waals surface area (Å²) in [6.07, 6.45) is 7.60. The van der Waals surface area contributed by atoms with E-state index in [9.17, 15) is 9.59 Å². The Hall–Kier alpha value is -2.78. The molecule has 6 rings (SSSR count). The Kier molecular flexibility index (Phi) is 7.35. The molecule has 2 bridgehead atoms. The average molecular weight is 518 g/mol.